The Bertz CT molecular complexity index is 1250. The third-order valence-corrected chi connectivity index (χ3v) is 14.8. The van der Waals surface area contributed by atoms with Crippen LogP contribution in [0.2, 0.25) is 0 Å². The molecular formula is C57H107O12P. The molecule has 0 aromatic carbocycles. The number of esters is 4. The van der Waals surface area contributed by atoms with Gasteiger partial charge in [0.15, 0.2) is 6.10 Å². The summed E-state index contributed by atoms with van der Waals surface area (Å²) in [7, 11) is -3.75. The van der Waals surface area contributed by atoms with E-state index < -0.39 is 25.9 Å². The lowest BCUT2D eigenvalue weighted by molar-refractivity contribution is -0.161. The van der Waals surface area contributed by atoms with Crippen LogP contribution in [0.3, 0.4) is 0 Å². The molecule has 12 nitrogen and oxygen atoms in total. The zero-order chi connectivity index (χ0) is 51.0. The molecular weight excluding hydrogens is 908 g/mol. The van der Waals surface area contributed by atoms with Crippen molar-refractivity contribution >= 4 is 31.7 Å². The van der Waals surface area contributed by atoms with E-state index in [1.54, 1.807) is 0 Å². The van der Waals surface area contributed by atoms with E-state index in [0.717, 1.165) is 96.3 Å². The largest absolute Gasteiger partial charge is 0.475 e. The fourth-order valence-electron chi connectivity index (χ4n) is 8.96. The summed E-state index contributed by atoms with van der Waals surface area (Å²) in [6.07, 6.45) is 41.7. The van der Waals surface area contributed by atoms with E-state index in [1.165, 1.54) is 128 Å². The van der Waals surface area contributed by atoms with Gasteiger partial charge in [0.2, 0.25) is 0 Å². The van der Waals surface area contributed by atoms with Crippen LogP contribution in [0.5, 0.6) is 0 Å². The molecule has 0 spiro atoms. The first-order valence-electron chi connectivity index (χ1n) is 29.4. The van der Waals surface area contributed by atoms with Crippen LogP contribution < -0.4 is 0 Å². The van der Waals surface area contributed by atoms with Crippen LogP contribution >= 0.6 is 7.82 Å². The second-order valence-corrected chi connectivity index (χ2v) is 21.9. The Morgan fingerprint density at radius 1 is 0.357 bits per heavy atom. The van der Waals surface area contributed by atoms with Crippen LogP contribution in [0.4, 0.5) is 0 Å². The summed E-state index contributed by atoms with van der Waals surface area (Å²) >= 11 is 0. The molecule has 1 aliphatic heterocycles. The maximum Gasteiger partial charge on any atom is 0.475 e. The van der Waals surface area contributed by atoms with Gasteiger partial charge in [0.1, 0.15) is 18.8 Å². The summed E-state index contributed by atoms with van der Waals surface area (Å²) in [5, 5.41) is 0. The summed E-state index contributed by atoms with van der Waals surface area (Å²) < 4.78 is 51.3. The first-order valence-corrected chi connectivity index (χ1v) is 30.9. The Balaban J connectivity index is 2.38. The highest BCUT2D eigenvalue weighted by molar-refractivity contribution is 7.48. The molecule has 1 aliphatic rings. The first kappa shape index (κ1) is 66.0. The molecule has 1 rings (SSSR count). The predicted octanol–water partition coefficient (Wildman–Crippen LogP) is 16.9. The first-order chi connectivity index (χ1) is 34.1. The van der Waals surface area contributed by atoms with Crippen molar-refractivity contribution in [3.63, 3.8) is 0 Å². The maximum atomic E-state index is 12.8. The molecule has 1 saturated heterocycles. The van der Waals surface area contributed by atoms with Crippen molar-refractivity contribution < 1.29 is 56.3 Å². The van der Waals surface area contributed by atoms with Gasteiger partial charge in [-0.2, -0.15) is 0 Å². The third kappa shape index (κ3) is 41.5. The number of ether oxygens (including phenoxy) is 4. The van der Waals surface area contributed by atoms with Gasteiger partial charge in [0.05, 0.1) is 19.8 Å². The zero-order valence-corrected chi connectivity index (χ0v) is 46.5. The molecule has 0 aromatic heterocycles. The third-order valence-electron chi connectivity index (χ3n) is 13.4. The van der Waals surface area contributed by atoms with E-state index in [1.807, 2.05) is 0 Å². The van der Waals surface area contributed by atoms with E-state index in [-0.39, 0.29) is 63.4 Å². The van der Waals surface area contributed by atoms with E-state index in [4.69, 9.17) is 32.5 Å². The summed E-state index contributed by atoms with van der Waals surface area (Å²) in [4.78, 5) is 51.1. The SMILES string of the molecule is CCCCCCCCC(CCCCCCCC)OC(=O)CCCCCCCCC(=O)O[C@@H](COC(=O)CCCCCCC(=O)OC(CCCCCCCC)CCCCCCCC)COP1(=O)OCCO1. The predicted molar refractivity (Wildman–Crippen MR) is 283 cm³/mol. The molecule has 0 N–H and O–H groups in total. The van der Waals surface area contributed by atoms with Crippen LogP contribution in [0.1, 0.15) is 297 Å². The summed E-state index contributed by atoms with van der Waals surface area (Å²) in [5.41, 5.74) is 0. The molecule has 0 radical (unpaired) electrons. The van der Waals surface area contributed by atoms with Crippen LogP contribution in [-0.2, 0) is 56.3 Å². The number of hydrogen-bond acceptors (Lipinski definition) is 12. The fourth-order valence-corrected chi connectivity index (χ4v) is 10.1. The molecule has 0 amide bonds. The number of rotatable bonds is 52. The molecule has 70 heavy (non-hydrogen) atoms. The molecule has 0 saturated carbocycles. The average Bonchev–Trinajstić information content (AvgIpc) is 3.79. The highest BCUT2D eigenvalue weighted by Gasteiger charge is 2.34. The minimum Gasteiger partial charge on any atom is -0.462 e. The minimum absolute atomic E-state index is 0.00992. The Morgan fingerprint density at radius 2 is 0.629 bits per heavy atom. The number of carbonyl (C=O) groups is 4. The van der Waals surface area contributed by atoms with Crippen molar-refractivity contribution in [2.75, 3.05) is 26.4 Å². The molecule has 1 fully saturated rings. The maximum absolute atomic E-state index is 12.8. The van der Waals surface area contributed by atoms with Crippen LogP contribution in [0.25, 0.3) is 0 Å². The van der Waals surface area contributed by atoms with Crippen molar-refractivity contribution in [2.24, 2.45) is 0 Å². The molecule has 13 heteroatoms. The van der Waals surface area contributed by atoms with Gasteiger partial charge in [-0.1, -0.05) is 195 Å². The smallest absolute Gasteiger partial charge is 0.462 e. The fraction of sp³-hybridized carbons (Fsp3) is 0.930. The van der Waals surface area contributed by atoms with E-state index in [2.05, 4.69) is 27.7 Å². The Labute approximate surface area is 428 Å². The summed E-state index contributed by atoms with van der Waals surface area (Å²) in [6, 6.07) is 0. The zero-order valence-electron chi connectivity index (χ0n) is 45.6. The van der Waals surface area contributed by atoms with Crippen molar-refractivity contribution in [1.82, 2.24) is 0 Å². The number of phosphoric acid groups is 1. The highest BCUT2D eigenvalue weighted by atomic mass is 31.2. The van der Waals surface area contributed by atoms with Gasteiger partial charge in [-0.05, 0) is 77.0 Å². The van der Waals surface area contributed by atoms with Crippen LogP contribution in [0.15, 0.2) is 0 Å². The minimum atomic E-state index is -3.75. The monoisotopic (exact) mass is 1010 g/mol. The van der Waals surface area contributed by atoms with E-state index in [0.29, 0.717) is 32.1 Å². The van der Waals surface area contributed by atoms with E-state index >= 15 is 0 Å². The lowest BCUT2D eigenvalue weighted by Crippen LogP contribution is -2.29. The lowest BCUT2D eigenvalue weighted by Gasteiger charge is -2.19. The number of carbonyl (C=O) groups excluding carboxylic acids is 4. The number of hydrogen-bond donors (Lipinski definition) is 0. The molecule has 1 heterocycles. The molecule has 0 bridgehead atoms. The topological polar surface area (TPSA) is 150 Å². The highest BCUT2D eigenvalue weighted by Crippen LogP contribution is 2.52. The van der Waals surface area contributed by atoms with Gasteiger partial charge in [-0.25, -0.2) is 4.57 Å². The van der Waals surface area contributed by atoms with Crippen molar-refractivity contribution in [2.45, 2.75) is 316 Å². The van der Waals surface area contributed by atoms with E-state index in [9.17, 15) is 23.7 Å². The lowest BCUT2D eigenvalue weighted by atomic mass is 10.0. The molecule has 0 unspecified atom stereocenters. The van der Waals surface area contributed by atoms with Crippen LogP contribution in [-0.4, -0.2) is 68.6 Å². The van der Waals surface area contributed by atoms with Gasteiger partial charge in [0, 0.05) is 25.7 Å². The van der Waals surface area contributed by atoms with Gasteiger partial charge in [-0.15, -0.1) is 0 Å². The molecule has 0 aliphatic carbocycles. The second-order valence-electron chi connectivity index (χ2n) is 20.2. The van der Waals surface area contributed by atoms with Gasteiger partial charge < -0.3 is 18.9 Å². The second kappa shape index (κ2) is 48.0. The van der Waals surface area contributed by atoms with Crippen LogP contribution in [0, 0.1) is 0 Å². The van der Waals surface area contributed by atoms with Crippen molar-refractivity contribution in [1.29, 1.82) is 0 Å². The quantitative estimate of drug-likeness (QED) is 0.0247. The molecule has 0 aromatic rings. The molecule has 412 valence electrons. The average molecular weight is 1020 g/mol. The molecule has 1 atom stereocenters. The standard InChI is InChI=1S/C57H107O12P/c1-5-9-13-17-23-31-39-51(40-32-24-18-14-10-6-2)67-55(59)44-36-27-21-22-28-37-46-57(61)69-53(50-66-70(62)64-47-48-65-70)49-63-54(58)43-35-29-30-38-45-56(60)68-52(41-33-25-19-15-11-7-3)42-34-26-20-16-12-8-4/h51-53H,5-50H2,1-4H3/t53-/m0/s1. The Morgan fingerprint density at radius 3 is 0.957 bits per heavy atom. The summed E-state index contributed by atoms with van der Waals surface area (Å²) in [5.74, 6) is -1.07. The van der Waals surface area contributed by atoms with Gasteiger partial charge in [0.25, 0.3) is 0 Å². The Hall–Kier alpha value is -2.01. The normalized spacial score (nSPS) is 13.8. The van der Waals surface area contributed by atoms with Gasteiger partial charge in [-0.3, -0.25) is 32.7 Å². The Kier molecular flexibility index (Phi) is 45.2. The van der Waals surface area contributed by atoms with Crippen molar-refractivity contribution in [3.05, 3.63) is 0 Å². The van der Waals surface area contributed by atoms with Crippen molar-refractivity contribution in [3.8, 4) is 0 Å². The number of unbranched alkanes of at least 4 members (excludes halogenated alkanes) is 28. The van der Waals surface area contributed by atoms with Gasteiger partial charge >= 0.3 is 31.7 Å². The number of phosphoric ester groups is 1. The summed E-state index contributed by atoms with van der Waals surface area (Å²) in [6.45, 7) is 8.68.